The number of benzene rings is 1. The molecule has 1 aromatic heterocycles. The van der Waals surface area contributed by atoms with Gasteiger partial charge in [0.05, 0.1) is 0 Å². The van der Waals surface area contributed by atoms with Crippen LogP contribution >= 0.6 is 0 Å². The van der Waals surface area contributed by atoms with Crippen molar-refractivity contribution < 1.29 is 9.18 Å². The van der Waals surface area contributed by atoms with Gasteiger partial charge in [-0.3, -0.25) is 14.5 Å². The lowest BCUT2D eigenvalue weighted by molar-refractivity contribution is 0.0700. The van der Waals surface area contributed by atoms with Crippen LogP contribution in [0.3, 0.4) is 0 Å². The highest BCUT2D eigenvalue weighted by atomic mass is 19.1. The fourth-order valence-corrected chi connectivity index (χ4v) is 3.83. The number of aryl methyl sites for hydroxylation is 1. The highest BCUT2D eigenvalue weighted by Gasteiger charge is 2.30. The molecule has 1 aliphatic rings. The van der Waals surface area contributed by atoms with Crippen molar-refractivity contribution >= 4 is 5.91 Å². The van der Waals surface area contributed by atoms with E-state index in [1.807, 2.05) is 17.0 Å². The summed E-state index contributed by atoms with van der Waals surface area (Å²) in [6.07, 6.45) is 2.49. The zero-order valence-electron chi connectivity index (χ0n) is 16.8. The number of rotatable bonds is 4. The Balaban J connectivity index is 1.80. The van der Waals surface area contributed by atoms with E-state index in [-0.39, 0.29) is 28.9 Å². The van der Waals surface area contributed by atoms with E-state index in [1.165, 1.54) is 16.7 Å². The summed E-state index contributed by atoms with van der Waals surface area (Å²) in [7, 11) is 1.66. The van der Waals surface area contributed by atoms with Gasteiger partial charge >= 0.3 is 0 Å². The largest absolute Gasteiger partial charge is 0.337 e. The predicted octanol–water partition coefficient (Wildman–Crippen LogP) is 2.90. The summed E-state index contributed by atoms with van der Waals surface area (Å²) in [6.45, 7) is 7.08. The molecule has 1 atom stereocenters. The lowest BCUT2D eigenvalue weighted by Gasteiger charge is -2.34. The fourth-order valence-electron chi connectivity index (χ4n) is 3.83. The van der Waals surface area contributed by atoms with Crippen molar-refractivity contribution in [3.8, 4) is 0 Å². The number of amides is 1. The summed E-state index contributed by atoms with van der Waals surface area (Å²) in [4.78, 5) is 29.6. The standard InChI is InChI=1S/C22H28FN3O2/c1-16(2)20-15-26(22(28)19-6-4-11-24(3)21(19)27)13-5-12-25(20)14-17-7-9-18(23)10-8-17/h4,6-11,16,20H,5,12-15H2,1-3H3/t20-/m0/s1. The highest BCUT2D eigenvalue weighted by molar-refractivity contribution is 5.93. The molecule has 1 aromatic carbocycles. The third-order valence-electron chi connectivity index (χ3n) is 5.46. The van der Waals surface area contributed by atoms with Crippen LogP contribution in [0, 0.1) is 11.7 Å². The topological polar surface area (TPSA) is 45.6 Å². The Hall–Kier alpha value is -2.47. The van der Waals surface area contributed by atoms with Gasteiger partial charge in [0, 0.05) is 45.5 Å². The van der Waals surface area contributed by atoms with E-state index >= 15 is 0 Å². The van der Waals surface area contributed by atoms with Crippen LogP contribution in [0.2, 0.25) is 0 Å². The minimum atomic E-state index is -0.263. The maximum atomic E-state index is 13.2. The molecule has 0 aliphatic carbocycles. The molecule has 0 unspecified atom stereocenters. The second-order valence-electron chi connectivity index (χ2n) is 7.85. The van der Waals surface area contributed by atoms with Crippen molar-refractivity contribution in [2.75, 3.05) is 19.6 Å². The van der Waals surface area contributed by atoms with Gasteiger partial charge in [0.15, 0.2) is 0 Å². The van der Waals surface area contributed by atoms with Gasteiger partial charge in [-0.05, 0) is 42.2 Å². The van der Waals surface area contributed by atoms with E-state index in [1.54, 1.807) is 25.4 Å². The van der Waals surface area contributed by atoms with Crippen LogP contribution < -0.4 is 5.56 Å². The first-order valence-corrected chi connectivity index (χ1v) is 9.80. The second-order valence-corrected chi connectivity index (χ2v) is 7.85. The van der Waals surface area contributed by atoms with Crippen LogP contribution in [-0.2, 0) is 13.6 Å². The highest BCUT2D eigenvalue weighted by Crippen LogP contribution is 2.21. The molecule has 6 heteroatoms. The minimum absolute atomic E-state index is 0.170. The van der Waals surface area contributed by atoms with Gasteiger partial charge in [0.1, 0.15) is 11.4 Å². The van der Waals surface area contributed by atoms with Crippen molar-refractivity contribution in [1.82, 2.24) is 14.4 Å². The average molecular weight is 385 g/mol. The summed E-state index contributed by atoms with van der Waals surface area (Å²) < 4.78 is 14.6. The van der Waals surface area contributed by atoms with Gasteiger partial charge in [-0.2, -0.15) is 0 Å². The first-order valence-electron chi connectivity index (χ1n) is 9.80. The van der Waals surface area contributed by atoms with Crippen molar-refractivity contribution in [2.45, 2.75) is 32.9 Å². The van der Waals surface area contributed by atoms with Crippen molar-refractivity contribution in [3.63, 3.8) is 0 Å². The summed E-state index contributed by atoms with van der Waals surface area (Å²) in [5.74, 6) is -0.0934. The number of carbonyl (C=O) groups excluding carboxylic acids is 1. The molecule has 2 aromatic rings. The number of carbonyl (C=O) groups is 1. The van der Waals surface area contributed by atoms with E-state index in [4.69, 9.17) is 0 Å². The van der Waals surface area contributed by atoms with Gasteiger partial charge in [0.25, 0.3) is 11.5 Å². The van der Waals surface area contributed by atoms with Crippen LogP contribution in [0.5, 0.6) is 0 Å². The van der Waals surface area contributed by atoms with Crippen LogP contribution in [0.4, 0.5) is 4.39 Å². The Labute approximate surface area is 165 Å². The van der Waals surface area contributed by atoms with Crippen LogP contribution in [0.15, 0.2) is 47.4 Å². The molecule has 0 spiro atoms. The molecule has 28 heavy (non-hydrogen) atoms. The average Bonchev–Trinajstić information content (AvgIpc) is 2.88. The Kier molecular flexibility index (Phi) is 6.29. The van der Waals surface area contributed by atoms with E-state index in [9.17, 15) is 14.0 Å². The summed E-state index contributed by atoms with van der Waals surface area (Å²) in [5, 5.41) is 0. The summed E-state index contributed by atoms with van der Waals surface area (Å²) >= 11 is 0. The lowest BCUT2D eigenvalue weighted by atomic mass is 10.0. The molecular formula is C22H28FN3O2. The number of aromatic nitrogens is 1. The minimum Gasteiger partial charge on any atom is -0.337 e. The molecule has 2 heterocycles. The molecule has 1 amide bonds. The summed E-state index contributed by atoms with van der Waals surface area (Å²) in [6, 6.07) is 10.1. The van der Waals surface area contributed by atoms with Gasteiger partial charge in [-0.25, -0.2) is 4.39 Å². The smallest absolute Gasteiger partial charge is 0.263 e. The van der Waals surface area contributed by atoms with E-state index in [2.05, 4.69) is 18.7 Å². The lowest BCUT2D eigenvalue weighted by Crippen LogP contribution is -2.46. The molecule has 1 fully saturated rings. The number of pyridine rings is 1. The molecule has 0 saturated carbocycles. The predicted molar refractivity (Wildman–Crippen MR) is 108 cm³/mol. The SMILES string of the molecule is CC(C)[C@@H]1CN(C(=O)c2cccn(C)c2=O)CCCN1Cc1ccc(F)cc1. The van der Waals surface area contributed by atoms with Crippen LogP contribution in [-0.4, -0.2) is 46.0 Å². The molecule has 150 valence electrons. The van der Waals surface area contributed by atoms with Crippen LogP contribution in [0.25, 0.3) is 0 Å². The molecular weight excluding hydrogens is 357 g/mol. The van der Waals surface area contributed by atoms with Crippen molar-refractivity contribution in [2.24, 2.45) is 13.0 Å². The fraction of sp³-hybridized carbons (Fsp3) is 0.455. The van der Waals surface area contributed by atoms with Crippen molar-refractivity contribution in [1.29, 1.82) is 0 Å². The molecule has 5 nitrogen and oxygen atoms in total. The molecule has 0 bridgehead atoms. The number of halogens is 1. The zero-order valence-corrected chi connectivity index (χ0v) is 16.8. The van der Waals surface area contributed by atoms with Gasteiger partial charge in [-0.15, -0.1) is 0 Å². The second kappa shape index (κ2) is 8.69. The maximum Gasteiger partial charge on any atom is 0.263 e. The monoisotopic (exact) mass is 385 g/mol. The molecule has 1 aliphatic heterocycles. The number of nitrogens with zero attached hydrogens (tertiary/aromatic N) is 3. The molecule has 0 N–H and O–H groups in total. The Bertz CT molecular complexity index is 876. The van der Waals surface area contributed by atoms with Gasteiger partial charge in [0.2, 0.25) is 0 Å². The van der Waals surface area contributed by atoms with E-state index < -0.39 is 0 Å². The summed E-state index contributed by atoms with van der Waals surface area (Å²) in [5.41, 5.74) is 1.02. The Morgan fingerprint density at radius 1 is 1.18 bits per heavy atom. The number of hydrogen-bond acceptors (Lipinski definition) is 3. The molecule has 0 radical (unpaired) electrons. The first-order chi connectivity index (χ1) is 13.4. The first kappa shape index (κ1) is 20.3. The third kappa shape index (κ3) is 4.50. The third-order valence-corrected chi connectivity index (χ3v) is 5.46. The molecule has 1 saturated heterocycles. The quantitative estimate of drug-likeness (QED) is 0.813. The Morgan fingerprint density at radius 3 is 2.57 bits per heavy atom. The zero-order chi connectivity index (χ0) is 20.3. The number of hydrogen-bond donors (Lipinski definition) is 0. The van der Waals surface area contributed by atoms with E-state index in [0.29, 0.717) is 19.0 Å². The van der Waals surface area contributed by atoms with Crippen LogP contribution in [0.1, 0.15) is 36.2 Å². The van der Waals surface area contributed by atoms with Crippen molar-refractivity contribution in [3.05, 3.63) is 69.9 Å². The van der Waals surface area contributed by atoms with Gasteiger partial charge in [-0.1, -0.05) is 26.0 Å². The van der Waals surface area contributed by atoms with Gasteiger partial charge < -0.3 is 9.47 Å². The van der Waals surface area contributed by atoms with E-state index in [0.717, 1.165) is 25.1 Å². The maximum absolute atomic E-state index is 13.2. The normalized spacial score (nSPS) is 18.3. The molecule has 3 rings (SSSR count). The Morgan fingerprint density at radius 2 is 1.89 bits per heavy atom.